The zero-order valence-corrected chi connectivity index (χ0v) is 16.4. The lowest BCUT2D eigenvalue weighted by molar-refractivity contribution is -0.117. The number of amides is 1. The van der Waals surface area contributed by atoms with Crippen LogP contribution in [-0.4, -0.2) is 24.4 Å². The Morgan fingerprint density at radius 3 is 2.73 bits per heavy atom. The standard InChI is InChI=1S/C20H22ClN3OS/c1-24(12-14-7-9-15(21)10-8-14)13-19(25)23-20-17(11-22)16-5-3-2-4-6-18(16)26-20/h7-10H,2-6,12-13H2,1H3,(H,23,25). The Bertz CT molecular complexity index is 823. The highest BCUT2D eigenvalue weighted by molar-refractivity contribution is 7.16. The van der Waals surface area contributed by atoms with E-state index in [4.69, 9.17) is 11.6 Å². The zero-order chi connectivity index (χ0) is 18.5. The van der Waals surface area contributed by atoms with Gasteiger partial charge in [-0.2, -0.15) is 5.26 Å². The van der Waals surface area contributed by atoms with E-state index in [1.165, 1.54) is 11.3 Å². The van der Waals surface area contributed by atoms with E-state index in [-0.39, 0.29) is 12.5 Å². The first-order valence-corrected chi connectivity index (χ1v) is 10.0. The van der Waals surface area contributed by atoms with Crippen molar-refractivity contribution in [2.45, 2.75) is 38.6 Å². The highest BCUT2D eigenvalue weighted by atomic mass is 35.5. The smallest absolute Gasteiger partial charge is 0.239 e. The van der Waals surface area contributed by atoms with Crippen LogP contribution in [0.3, 0.4) is 0 Å². The fourth-order valence-corrected chi connectivity index (χ4v) is 4.70. The summed E-state index contributed by atoms with van der Waals surface area (Å²) in [6.07, 6.45) is 5.46. The number of rotatable bonds is 5. The Morgan fingerprint density at radius 2 is 2.00 bits per heavy atom. The Morgan fingerprint density at radius 1 is 1.27 bits per heavy atom. The zero-order valence-electron chi connectivity index (χ0n) is 14.8. The largest absolute Gasteiger partial charge is 0.315 e. The van der Waals surface area contributed by atoms with Crippen molar-refractivity contribution in [1.82, 2.24) is 4.90 Å². The van der Waals surface area contributed by atoms with Crippen molar-refractivity contribution < 1.29 is 4.79 Å². The van der Waals surface area contributed by atoms with E-state index in [0.717, 1.165) is 36.8 Å². The maximum atomic E-state index is 12.4. The van der Waals surface area contributed by atoms with Crippen molar-refractivity contribution in [2.75, 3.05) is 18.9 Å². The number of carbonyl (C=O) groups excluding carboxylic acids is 1. The molecule has 1 heterocycles. The molecule has 2 aromatic rings. The first-order valence-electron chi connectivity index (χ1n) is 8.84. The lowest BCUT2D eigenvalue weighted by Gasteiger charge is -2.16. The van der Waals surface area contributed by atoms with Gasteiger partial charge in [0.15, 0.2) is 0 Å². The monoisotopic (exact) mass is 387 g/mol. The van der Waals surface area contributed by atoms with Crippen molar-refractivity contribution in [1.29, 1.82) is 5.26 Å². The average molecular weight is 388 g/mol. The van der Waals surface area contributed by atoms with Crippen LogP contribution in [0.2, 0.25) is 5.02 Å². The average Bonchev–Trinajstić information content (AvgIpc) is 2.76. The van der Waals surface area contributed by atoms with Crippen LogP contribution in [0.25, 0.3) is 0 Å². The second kappa shape index (κ2) is 8.68. The van der Waals surface area contributed by atoms with Crippen molar-refractivity contribution in [3.63, 3.8) is 0 Å². The Hall–Kier alpha value is -1.87. The van der Waals surface area contributed by atoms with Crippen LogP contribution < -0.4 is 5.32 Å². The quantitative estimate of drug-likeness (QED) is 0.762. The second-order valence-electron chi connectivity index (χ2n) is 6.73. The number of carbonyl (C=O) groups is 1. The molecule has 1 aromatic heterocycles. The molecule has 1 amide bonds. The molecule has 0 spiro atoms. The van der Waals surface area contributed by atoms with Gasteiger partial charge in [-0.05, 0) is 56.0 Å². The predicted molar refractivity (Wildman–Crippen MR) is 107 cm³/mol. The number of aryl methyl sites for hydroxylation is 1. The first kappa shape index (κ1) is 18.9. The molecule has 0 aliphatic heterocycles. The number of likely N-dealkylation sites (N-methyl/N-ethyl adjacent to an activating group) is 1. The third-order valence-corrected chi connectivity index (χ3v) is 6.02. The number of nitrogens with zero attached hydrogens (tertiary/aromatic N) is 2. The minimum atomic E-state index is -0.0885. The molecule has 6 heteroatoms. The number of hydrogen-bond acceptors (Lipinski definition) is 4. The molecule has 1 N–H and O–H groups in total. The van der Waals surface area contributed by atoms with E-state index in [1.54, 1.807) is 11.3 Å². The molecule has 136 valence electrons. The van der Waals surface area contributed by atoms with E-state index in [2.05, 4.69) is 11.4 Å². The van der Waals surface area contributed by atoms with Crippen molar-refractivity contribution >= 4 is 33.8 Å². The van der Waals surface area contributed by atoms with Gasteiger partial charge in [-0.15, -0.1) is 11.3 Å². The fourth-order valence-electron chi connectivity index (χ4n) is 3.32. The molecular formula is C20H22ClN3OS. The van der Waals surface area contributed by atoms with E-state index in [0.29, 0.717) is 22.1 Å². The number of benzene rings is 1. The number of anilines is 1. The summed E-state index contributed by atoms with van der Waals surface area (Å²) in [6, 6.07) is 9.92. The molecule has 0 saturated heterocycles. The maximum Gasteiger partial charge on any atom is 0.239 e. The normalized spacial score (nSPS) is 13.8. The summed E-state index contributed by atoms with van der Waals surface area (Å²) in [6.45, 7) is 0.937. The van der Waals surface area contributed by atoms with Gasteiger partial charge in [0, 0.05) is 16.4 Å². The van der Waals surface area contributed by atoms with Crippen LogP contribution in [0, 0.1) is 11.3 Å². The molecule has 0 unspecified atom stereocenters. The molecule has 0 fully saturated rings. The Kier molecular flexibility index (Phi) is 6.31. The van der Waals surface area contributed by atoms with Crippen LogP contribution >= 0.6 is 22.9 Å². The maximum absolute atomic E-state index is 12.4. The van der Waals surface area contributed by atoms with Crippen LogP contribution in [-0.2, 0) is 24.2 Å². The summed E-state index contributed by atoms with van der Waals surface area (Å²) in [5.74, 6) is -0.0885. The number of halogens is 1. The molecule has 26 heavy (non-hydrogen) atoms. The third kappa shape index (κ3) is 4.64. The van der Waals surface area contributed by atoms with Crippen LogP contribution in [0.15, 0.2) is 24.3 Å². The van der Waals surface area contributed by atoms with Gasteiger partial charge in [0.1, 0.15) is 11.1 Å². The number of nitriles is 1. The summed E-state index contributed by atoms with van der Waals surface area (Å²) < 4.78 is 0. The minimum Gasteiger partial charge on any atom is -0.315 e. The van der Waals surface area contributed by atoms with E-state index < -0.39 is 0 Å². The number of nitrogens with one attached hydrogen (secondary N) is 1. The summed E-state index contributed by atoms with van der Waals surface area (Å²) >= 11 is 7.47. The molecular weight excluding hydrogens is 366 g/mol. The van der Waals surface area contributed by atoms with Crippen molar-refractivity contribution in [3.05, 3.63) is 50.9 Å². The molecule has 1 aliphatic rings. The van der Waals surface area contributed by atoms with Crippen molar-refractivity contribution in [2.24, 2.45) is 0 Å². The van der Waals surface area contributed by atoms with Crippen molar-refractivity contribution in [3.8, 4) is 6.07 Å². The SMILES string of the molecule is CN(CC(=O)Nc1sc2c(c1C#N)CCCCC2)Cc1ccc(Cl)cc1. The van der Waals surface area contributed by atoms with Gasteiger partial charge in [-0.3, -0.25) is 9.69 Å². The lowest BCUT2D eigenvalue weighted by Crippen LogP contribution is -2.29. The van der Waals surface area contributed by atoms with Gasteiger partial charge >= 0.3 is 0 Å². The third-order valence-electron chi connectivity index (χ3n) is 4.57. The van der Waals surface area contributed by atoms with E-state index in [9.17, 15) is 10.1 Å². The van der Waals surface area contributed by atoms with E-state index in [1.807, 2.05) is 36.2 Å². The Balaban J connectivity index is 1.63. The van der Waals surface area contributed by atoms with E-state index >= 15 is 0 Å². The van der Waals surface area contributed by atoms with Crippen LogP contribution in [0.4, 0.5) is 5.00 Å². The molecule has 1 aromatic carbocycles. The topological polar surface area (TPSA) is 56.1 Å². The summed E-state index contributed by atoms with van der Waals surface area (Å²) in [5.41, 5.74) is 2.92. The predicted octanol–water partition coefficient (Wildman–Crippen LogP) is 4.61. The number of thiophene rings is 1. The molecule has 0 radical (unpaired) electrons. The van der Waals surface area contributed by atoms with Gasteiger partial charge in [-0.25, -0.2) is 0 Å². The summed E-state index contributed by atoms with van der Waals surface area (Å²) in [7, 11) is 1.91. The number of hydrogen-bond donors (Lipinski definition) is 1. The molecule has 0 saturated carbocycles. The molecule has 0 atom stereocenters. The van der Waals surface area contributed by atoms with Crippen LogP contribution in [0.1, 0.15) is 40.8 Å². The first-order chi connectivity index (χ1) is 12.6. The highest BCUT2D eigenvalue weighted by Crippen LogP contribution is 2.36. The minimum absolute atomic E-state index is 0.0885. The highest BCUT2D eigenvalue weighted by Gasteiger charge is 2.21. The summed E-state index contributed by atoms with van der Waals surface area (Å²) in [4.78, 5) is 15.7. The summed E-state index contributed by atoms with van der Waals surface area (Å²) in [5, 5.41) is 13.9. The van der Waals surface area contributed by atoms with Gasteiger partial charge in [0.25, 0.3) is 0 Å². The van der Waals surface area contributed by atoms with Gasteiger partial charge in [0.05, 0.1) is 12.1 Å². The second-order valence-corrected chi connectivity index (χ2v) is 8.27. The number of fused-ring (bicyclic) bond motifs is 1. The van der Waals surface area contributed by atoms with Gasteiger partial charge < -0.3 is 5.32 Å². The molecule has 4 nitrogen and oxygen atoms in total. The molecule has 1 aliphatic carbocycles. The fraction of sp³-hybridized carbons (Fsp3) is 0.400. The van der Waals surface area contributed by atoms with Crippen LogP contribution in [0.5, 0.6) is 0 Å². The molecule has 3 rings (SSSR count). The lowest BCUT2D eigenvalue weighted by atomic mass is 10.1. The molecule has 0 bridgehead atoms. The van der Waals surface area contributed by atoms with Gasteiger partial charge in [0.2, 0.25) is 5.91 Å². The Labute approximate surface area is 163 Å². The van der Waals surface area contributed by atoms with Gasteiger partial charge in [-0.1, -0.05) is 30.2 Å².